The topological polar surface area (TPSA) is 78.7 Å². The number of anilines is 1. The Balaban J connectivity index is 1.49. The molecule has 8 heteroatoms. The number of benzene rings is 1. The third kappa shape index (κ3) is 4.93. The van der Waals surface area contributed by atoms with Gasteiger partial charge in [0.2, 0.25) is 5.91 Å². The van der Waals surface area contributed by atoms with Crippen molar-refractivity contribution in [2.24, 2.45) is 0 Å². The number of nitro benzene ring substituents is 1. The molecule has 0 saturated carbocycles. The first-order valence-electron chi connectivity index (χ1n) is 9.23. The Hall–Kier alpha value is -1.70. The van der Waals surface area contributed by atoms with E-state index in [1.165, 1.54) is 50.6 Å². The van der Waals surface area contributed by atoms with Crippen LogP contribution in [0.1, 0.15) is 32.1 Å². The van der Waals surface area contributed by atoms with Crippen molar-refractivity contribution in [1.29, 1.82) is 0 Å². The maximum Gasteiger partial charge on any atom is 0.294 e. The van der Waals surface area contributed by atoms with E-state index in [1.54, 1.807) is 0 Å². The first-order valence-corrected chi connectivity index (χ1v) is 9.61. The summed E-state index contributed by atoms with van der Waals surface area (Å²) in [6.45, 7) is 4.43. The van der Waals surface area contributed by atoms with Crippen molar-refractivity contribution < 1.29 is 9.72 Å². The standard InChI is InChI=1S/C18H25ClN4O3/c19-14-4-5-16(17(12-14)23(25)26)20-18(24)13-21-10-6-15(7-11-21)22-8-2-1-3-9-22/h4-5,12,15H,1-3,6-11,13H2,(H,20,24). The Kier molecular flexibility index (Phi) is 6.45. The number of hydrogen-bond donors (Lipinski definition) is 1. The van der Waals surface area contributed by atoms with Gasteiger partial charge in [-0.15, -0.1) is 0 Å². The molecule has 26 heavy (non-hydrogen) atoms. The molecule has 0 atom stereocenters. The highest BCUT2D eigenvalue weighted by molar-refractivity contribution is 6.31. The first-order chi connectivity index (χ1) is 12.5. The maximum atomic E-state index is 12.3. The van der Waals surface area contributed by atoms with E-state index in [4.69, 9.17) is 11.6 Å². The number of amides is 1. The summed E-state index contributed by atoms with van der Waals surface area (Å²) in [6.07, 6.45) is 6.08. The molecule has 0 aromatic heterocycles. The Labute approximate surface area is 158 Å². The molecule has 7 nitrogen and oxygen atoms in total. The summed E-state index contributed by atoms with van der Waals surface area (Å²) in [6, 6.07) is 4.89. The van der Waals surface area contributed by atoms with E-state index in [-0.39, 0.29) is 28.8 Å². The van der Waals surface area contributed by atoms with Crippen molar-refractivity contribution in [3.05, 3.63) is 33.3 Å². The average molecular weight is 381 g/mol. The summed E-state index contributed by atoms with van der Waals surface area (Å²) in [5, 5.41) is 14.0. The molecule has 1 aromatic rings. The molecule has 2 aliphatic heterocycles. The van der Waals surface area contributed by atoms with Gasteiger partial charge in [0.25, 0.3) is 5.69 Å². The van der Waals surface area contributed by atoms with Gasteiger partial charge < -0.3 is 10.2 Å². The van der Waals surface area contributed by atoms with Gasteiger partial charge in [-0.1, -0.05) is 18.0 Å². The zero-order valence-corrected chi connectivity index (χ0v) is 15.6. The molecule has 1 N–H and O–H groups in total. The number of hydrogen-bond acceptors (Lipinski definition) is 5. The number of halogens is 1. The fraction of sp³-hybridized carbons (Fsp3) is 0.611. The minimum Gasteiger partial charge on any atom is -0.319 e. The molecule has 0 radical (unpaired) electrons. The SMILES string of the molecule is O=C(CN1CCC(N2CCCCC2)CC1)Nc1ccc(Cl)cc1[N+](=O)[O-]. The fourth-order valence-electron chi connectivity index (χ4n) is 3.88. The first kappa shape index (κ1) is 19.1. The zero-order valence-electron chi connectivity index (χ0n) is 14.8. The second-order valence-corrected chi connectivity index (χ2v) is 7.51. The number of carbonyl (C=O) groups excluding carboxylic acids is 1. The molecule has 0 aliphatic carbocycles. The number of nitrogens with zero attached hydrogens (tertiary/aromatic N) is 3. The lowest BCUT2D eigenvalue weighted by molar-refractivity contribution is -0.383. The van der Waals surface area contributed by atoms with E-state index >= 15 is 0 Å². The molecular formula is C18H25ClN4O3. The summed E-state index contributed by atoms with van der Waals surface area (Å²) < 4.78 is 0. The van der Waals surface area contributed by atoms with Crippen LogP contribution in [0.2, 0.25) is 5.02 Å². The molecule has 2 fully saturated rings. The van der Waals surface area contributed by atoms with Gasteiger partial charge in [0, 0.05) is 30.2 Å². The predicted molar refractivity (Wildman–Crippen MR) is 102 cm³/mol. The van der Waals surface area contributed by atoms with E-state index in [2.05, 4.69) is 15.1 Å². The second-order valence-electron chi connectivity index (χ2n) is 7.07. The molecule has 0 bridgehead atoms. The third-order valence-electron chi connectivity index (χ3n) is 5.26. The van der Waals surface area contributed by atoms with E-state index in [9.17, 15) is 14.9 Å². The summed E-state index contributed by atoms with van der Waals surface area (Å²) >= 11 is 5.80. The quantitative estimate of drug-likeness (QED) is 0.627. The molecule has 2 heterocycles. The number of piperidine rings is 2. The van der Waals surface area contributed by atoms with Crippen molar-refractivity contribution in [1.82, 2.24) is 9.80 Å². The Morgan fingerprint density at radius 1 is 1.19 bits per heavy atom. The van der Waals surface area contributed by atoms with Crippen LogP contribution in [0.25, 0.3) is 0 Å². The fourth-order valence-corrected chi connectivity index (χ4v) is 4.05. The molecule has 1 aromatic carbocycles. The van der Waals surface area contributed by atoms with Gasteiger partial charge in [0.15, 0.2) is 0 Å². The number of rotatable bonds is 5. The largest absolute Gasteiger partial charge is 0.319 e. The zero-order chi connectivity index (χ0) is 18.5. The number of nitro groups is 1. The average Bonchev–Trinajstić information content (AvgIpc) is 2.64. The summed E-state index contributed by atoms with van der Waals surface area (Å²) in [7, 11) is 0. The minimum absolute atomic E-state index is 0.186. The molecule has 2 saturated heterocycles. The van der Waals surface area contributed by atoms with Gasteiger partial charge in [-0.2, -0.15) is 0 Å². The predicted octanol–water partition coefficient (Wildman–Crippen LogP) is 3.14. The van der Waals surface area contributed by atoms with Crippen LogP contribution in [0.4, 0.5) is 11.4 Å². The van der Waals surface area contributed by atoms with Crippen LogP contribution in [-0.4, -0.2) is 59.4 Å². The summed E-state index contributed by atoms with van der Waals surface area (Å²) in [5.41, 5.74) is 0.00209. The Morgan fingerprint density at radius 2 is 1.88 bits per heavy atom. The molecule has 3 rings (SSSR count). The van der Waals surface area contributed by atoms with Crippen molar-refractivity contribution in [3.8, 4) is 0 Å². The van der Waals surface area contributed by atoms with Crippen LogP contribution in [0.3, 0.4) is 0 Å². The van der Waals surface area contributed by atoms with Crippen LogP contribution in [0.15, 0.2) is 18.2 Å². The highest BCUT2D eigenvalue weighted by atomic mass is 35.5. The molecule has 0 unspecified atom stereocenters. The van der Waals surface area contributed by atoms with Crippen molar-refractivity contribution in [3.63, 3.8) is 0 Å². The number of carbonyl (C=O) groups is 1. The van der Waals surface area contributed by atoms with Gasteiger partial charge in [-0.05, 0) is 50.9 Å². The van der Waals surface area contributed by atoms with Gasteiger partial charge in [-0.3, -0.25) is 19.8 Å². The summed E-state index contributed by atoms with van der Waals surface area (Å²) in [4.78, 5) is 27.6. The lowest BCUT2D eigenvalue weighted by Gasteiger charge is -2.40. The van der Waals surface area contributed by atoms with Crippen LogP contribution < -0.4 is 5.32 Å². The van der Waals surface area contributed by atoms with Crippen molar-refractivity contribution in [2.45, 2.75) is 38.1 Å². The van der Waals surface area contributed by atoms with Crippen molar-refractivity contribution >= 4 is 28.9 Å². The van der Waals surface area contributed by atoms with E-state index in [0.717, 1.165) is 25.9 Å². The lowest BCUT2D eigenvalue weighted by Crippen LogP contribution is -2.48. The van der Waals surface area contributed by atoms with Crippen LogP contribution in [0, 0.1) is 10.1 Å². The van der Waals surface area contributed by atoms with Gasteiger partial charge in [0.05, 0.1) is 11.5 Å². The molecule has 1 amide bonds. The highest BCUT2D eigenvalue weighted by Gasteiger charge is 2.26. The maximum absolute atomic E-state index is 12.3. The van der Waals surface area contributed by atoms with Crippen LogP contribution in [0.5, 0.6) is 0 Å². The number of likely N-dealkylation sites (tertiary alicyclic amines) is 2. The third-order valence-corrected chi connectivity index (χ3v) is 5.50. The summed E-state index contributed by atoms with van der Waals surface area (Å²) in [5.74, 6) is -0.230. The normalized spacial score (nSPS) is 20.0. The molecule has 0 spiro atoms. The second kappa shape index (κ2) is 8.79. The minimum atomic E-state index is -0.536. The van der Waals surface area contributed by atoms with Crippen LogP contribution in [-0.2, 0) is 4.79 Å². The van der Waals surface area contributed by atoms with Gasteiger partial charge in [-0.25, -0.2) is 0 Å². The lowest BCUT2D eigenvalue weighted by atomic mass is 10.00. The van der Waals surface area contributed by atoms with E-state index in [0.29, 0.717) is 6.04 Å². The van der Waals surface area contributed by atoms with Crippen molar-refractivity contribution in [2.75, 3.05) is 38.0 Å². The molecule has 2 aliphatic rings. The molecular weight excluding hydrogens is 356 g/mol. The van der Waals surface area contributed by atoms with Gasteiger partial charge in [0.1, 0.15) is 5.69 Å². The smallest absolute Gasteiger partial charge is 0.294 e. The van der Waals surface area contributed by atoms with Crippen LogP contribution >= 0.6 is 11.6 Å². The Bertz CT molecular complexity index is 656. The Morgan fingerprint density at radius 3 is 2.54 bits per heavy atom. The van der Waals surface area contributed by atoms with E-state index in [1.807, 2.05) is 0 Å². The molecule has 142 valence electrons. The van der Waals surface area contributed by atoms with Gasteiger partial charge >= 0.3 is 0 Å². The van der Waals surface area contributed by atoms with E-state index < -0.39 is 4.92 Å². The number of nitrogens with one attached hydrogen (secondary N) is 1. The highest BCUT2D eigenvalue weighted by Crippen LogP contribution is 2.28. The monoisotopic (exact) mass is 380 g/mol.